The van der Waals surface area contributed by atoms with Crippen LogP contribution in [0.15, 0.2) is 127 Å². The number of aryl methyl sites for hydroxylation is 1. The van der Waals surface area contributed by atoms with Crippen LogP contribution < -0.4 is 25.8 Å². The van der Waals surface area contributed by atoms with Crippen LogP contribution in [0.25, 0.3) is 21.9 Å². The molecule has 0 aromatic heterocycles. The molecule has 6 aromatic carbocycles. The molecule has 42 heavy (non-hydrogen) atoms. The normalized spacial score (nSPS) is 13.6. The summed E-state index contributed by atoms with van der Waals surface area (Å²) < 4.78 is 0. The van der Waals surface area contributed by atoms with Gasteiger partial charge < -0.3 is 9.71 Å². The minimum Gasteiger partial charge on any atom is -0.376 e. The van der Waals surface area contributed by atoms with Gasteiger partial charge in [-0.3, -0.25) is 0 Å². The van der Waals surface area contributed by atoms with Crippen LogP contribution in [-0.2, 0) is 0 Å². The molecule has 202 valence electrons. The second kappa shape index (κ2) is 9.24. The van der Waals surface area contributed by atoms with Crippen molar-refractivity contribution in [3.63, 3.8) is 0 Å². The van der Waals surface area contributed by atoms with Crippen LogP contribution in [0.2, 0.25) is 19.6 Å². The lowest BCUT2D eigenvalue weighted by Crippen LogP contribution is -2.62. The molecular formula is C38H33BN2Si. The lowest BCUT2D eigenvalue weighted by molar-refractivity contribution is 1.28. The third-order valence-corrected chi connectivity index (χ3v) is 11.0. The molecule has 0 spiro atoms. The number of para-hydroxylation sites is 2. The summed E-state index contributed by atoms with van der Waals surface area (Å²) >= 11 is 0. The maximum absolute atomic E-state index is 2.58. The zero-order valence-electron chi connectivity index (χ0n) is 24.6. The average molecular weight is 557 g/mol. The van der Waals surface area contributed by atoms with Crippen molar-refractivity contribution in [1.29, 1.82) is 0 Å². The Morgan fingerprint density at radius 1 is 0.548 bits per heavy atom. The van der Waals surface area contributed by atoms with Crippen molar-refractivity contribution < 1.29 is 0 Å². The van der Waals surface area contributed by atoms with Crippen molar-refractivity contribution >= 4 is 70.2 Å². The van der Waals surface area contributed by atoms with Gasteiger partial charge in [0.05, 0.1) is 8.07 Å². The summed E-state index contributed by atoms with van der Waals surface area (Å²) in [6.07, 6.45) is 0. The Bertz CT molecular complexity index is 2010. The second-order valence-corrected chi connectivity index (χ2v) is 17.7. The Morgan fingerprint density at radius 3 is 2.02 bits per heavy atom. The standard InChI is InChI=1S/C38H33BN2Si/c1-26-20-23-28(24-21-26)41-33-17-9-7-14-30(33)31-15-11-19-35-37(31)39(41)32-16-8-10-18-34(32)40(35)36-25-22-27-12-5-6-13-29(27)38(36)42(2,3)4/h5-25H,1-4H3. The Morgan fingerprint density at radius 2 is 1.21 bits per heavy atom. The number of nitrogens with zero attached hydrogens (tertiary/aromatic N) is 2. The van der Waals surface area contributed by atoms with Gasteiger partial charge in [0.15, 0.2) is 0 Å². The summed E-state index contributed by atoms with van der Waals surface area (Å²) in [4.78, 5) is 5.14. The summed E-state index contributed by atoms with van der Waals surface area (Å²) in [5.74, 6) is 0. The predicted molar refractivity (Wildman–Crippen MR) is 185 cm³/mol. The summed E-state index contributed by atoms with van der Waals surface area (Å²) in [6, 6.07) is 47.5. The molecule has 0 N–H and O–H groups in total. The lowest BCUT2D eigenvalue weighted by atomic mass is 9.43. The summed E-state index contributed by atoms with van der Waals surface area (Å²) in [6.45, 7) is 9.67. The Labute approximate surface area is 250 Å². The van der Waals surface area contributed by atoms with E-state index in [0.29, 0.717) is 0 Å². The summed E-state index contributed by atoms with van der Waals surface area (Å²) in [5.41, 5.74) is 12.9. The largest absolute Gasteiger partial charge is 0.376 e. The molecule has 6 aromatic rings. The molecule has 8 rings (SSSR count). The molecule has 4 heteroatoms. The SMILES string of the molecule is Cc1ccc(N2B3c4ccccc4N(c4ccc5ccccc5c4[Si](C)(C)C)c4cccc(c43)-c3ccccc32)cc1. The van der Waals surface area contributed by atoms with E-state index in [1.165, 1.54) is 72.0 Å². The van der Waals surface area contributed by atoms with E-state index in [1.807, 2.05) is 0 Å². The van der Waals surface area contributed by atoms with Gasteiger partial charge in [0.1, 0.15) is 0 Å². The van der Waals surface area contributed by atoms with E-state index < -0.39 is 8.07 Å². The zero-order chi connectivity index (χ0) is 28.6. The minimum absolute atomic E-state index is 0.0667. The Hall–Kier alpha value is -4.54. The lowest BCUT2D eigenvalue weighted by Gasteiger charge is -2.46. The highest BCUT2D eigenvalue weighted by Gasteiger charge is 2.45. The van der Waals surface area contributed by atoms with Gasteiger partial charge in [-0.05, 0) is 75.8 Å². The fraction of sp³-hybridized carbons (Fsp3) is 0.105. The monoisotopic (exact) mass is 556 g/mol. The number of fused-ring (bicyclic) bond motifs is 5. The highest BCUT2D eigenvalue weighted by atomic mass is 28.3. The van der Waals surface area contributed by atoms with Crippen molar-refractivity contribution in [3.8, 4) is 11.1 Å². The molecule has 2 heterocycles. The highest BCUT2D eigenvalue weighted by molar-refractivity contribution is 6.94. The molecule has 0 aliphatic carbocycles. The number of hydrogen-bond acceptors (Lipinski definition) is 2. The van der Waals surface area contributed by atoms with Crippen LogP contribution in [0.4, 0.5) is 28.4 Å². The molecule has 0 radical (unpaired) electrons. The first-order valence-corrected chi connectivity index (χ1v) is 18.4. The zero-order valence-corrected chi connectivity index (χ0v) is 25.6. The molecule has 0 atom stereocenters. The van der Waals surface area contributed by atoms with Gasteiger partial charge in [-0.2, -0.15) is 0 Å². The molecule has 2 aliphatic rings. The maximum atomic E-state index is 2.58. The first-order chi connectivity index (χ1) is 20.4. The van der Waals surface area contributed by atoms with Gasteiger partial charge in [0, 0.05) is 34.0 Å². The van der Waals surface area contributed by atoms with Crippen molar-refractivity contribution in [2.24, 2.45) is 0 Å². The molecule has 0 saturated carbocycles. The fourth-order valence-electron chi connectivity index (χ4n) is 7.28. The van der Waals surface area contributed by atoms with Crippen LogP contribution in [0.5, 0.6) is 0 Å². The van der Waals surface area contributed by atoms with Crippen LogP contribution in [0.1, 0.15) is 5.56 Å². The van der Waals surface area contributed by atoms with Gasteiger partial charge in [0.2, 0.25) is 0 Å². The van der Waals surface area contributed by atoms with Crippen LogP contribution in [-0.4, -0.2) is 14.9 Å². The van der Waals surface area contributed by atoms with Gasteiger partial charge in [-0.1, -0.05) is 116 Å². The van der Waals surface area contributed by atoms with Crippen LogP contribution in [0.3, 0.4) is 0 Å². The molecule has 0 amide bonds. The van der Waals surface area contributed by atoms with Gasteiger partial charge in [0.25, 0.3) is 0 Å². The van der Waals surface area contributed by atoms with Crippen molar-refractivity contribution in [2.45, 2.75) is 26.6 Å². The smallest absolute Gasteiger partial charge is 0.333 e. The molecule has 0 bridgehead atoms. The fourth-order valence-corrected chi connectivity index (χ4v) is 9.28. The van der Waals surface area contributed by atoms with Gasteiger partial charge in [-0.25, -0.2) is 0 Å². The van der Waals surface area contributed by atoms with E-state index in [-0.39, 0.29) is 6.85 Å². The van der Waals surface area contributed by atoms with E-state index >= 15 is 0 Å². The molecular weight excluding hydrogens is 523 g/mol. The van der Waals surface area contributed by atoms with E-state index in [9.17, 15) is 0 Å². The van der Waals surface area contributed by atoms with Crippen LogP contribution in [0, 0.1) is 6.92 Å². The molecule has 2 nitrogen and oxygen atoms in total. The molecule has 0 unspecified atom stereocenters. The maximum Gasteiger partial charge on any atom is 0.333 e. The van der Waals surface area contributed by atoms with Crippen molar-refractivity contribution in [3.05, 3.63) is 133 Å². The number of rotatable bonds is 3. The Balaban J connectivity index is 1.48. The van der Waals surface area contributed by atoms with Crippen molar-refractivity contribution in [1.82, 2.24) is 0 Å². The third kappa shape index (κ3) is 3.65. The topological polar surface area (TPSA) is 6.48 Å². The van der Waals surface area contributed by atoms with E-state index in [2.05, 4.69) is 164 Å². The van der Waals surface area contributed by atoms with Crippen LogP contribution >= 0.6 is 0 Å². The second-order valence-electron chi connectivity index (χ2n) is 12.7. The van der Waals surface area contributed by atoms with Gasteiger partial charge in [-0.15, -0.1) is 0 Å². The first kappa shape index (κ1) is 25.2. The minimum atomic E-state index is -1.78. The quantitative estimate of drug-likeness (QED) is 0.202. The van der Waals surface area contributed by atoms with E-state index in [1.54, 1.807) is 0 Å². The van der Waals surface area contributed by atoms with E-state index in [0.717, 1.165) is 0 Å². The summed E-state index contributed by atoms with van der Waals surface area (Å²) in [5, 5.41) is 4.21. The number of hydrogen-bond donors (Lipinski definition) is 0. The number of anilines is 5. The average Bonchev–Trinajstić information content (AvgIpc) is 3.01. The molecule has 0 fully saturated rings. The van der Waals surface area contributed by atoms with E-state index in [4.69, 9.17) is 0 Å². The third-order valence-electron chi connectivity index (χ3n) is 8.99. The molecule has 0 saturated heterocycles. The van der Waals surface area contributed by atoms with Crippen molar-refractivity contribution in [2.75, 3.05) is 9.71 Å². The highest BCUT2D eigenvalue weighted by Crippen LogP contribution is 2.46. The first-order valence-electron chi connectivity index (χ1n) is 14.9. The predicted octanol–water partition coefficient (Wildman–Crippen LogP) is 8.40. The Kier molecular flexibility index (Phi) is 5.54. The summed E-state index contributed by atoms with van der Waals surface area (Å²) in [7, 11) is -1.78. The molecule has 2 aliphatic heterocycles. The number of benzene rings is 6. The van der Waals surface area contributed by atoms with Gasteiger partial charge >= 0.3 is 6.85 Å².